The van der Waals surface area contributed by atoms with Crippen molar-refractivity contribution in [3.05, 3.63) is 71.9 Å². The highest BCUT2D eigenvalue weighted by Crippen LogP contribution is 2.21. The number of benzene rings is 1. The van der Waals surface area contributed by atoms with Crippen molar-refractivity contribution >= 4 is 16.9 Å². The van der Waals surface area contributed by atoms with Crippen molar-refractivity contribution in [2.45, 2.75) is 13.5 Å². The molecule has 124 valence electrons. The molecule has 0 radical (unpaired) electrons. The number of nitrogens with one attached hydrogen (secondary N) is 1. The standard InChI is InChI=1S/C19H15N3O3/c1-12-4-5-17-14(7-12)8-18(24-17)19(23)21-11-15-9-16(22-25-15)13-3-2-6-20-10-13/h2-10H,11H2,1H3,(H,21,23). The summed E-state index contributed by atoms with van der Waals surface area (Å²) >= 11 is 0. The van der Waals surface area contributed by atoms with E-state index in [2.05, 4.69) is 15.5 Å². The number of nitrogens with zero attached hydrogens (tertiary/aromatic N) is 2. The molecule has 0 bridgehead atoms. The number of hydrogen-bond acceptors (Lipinski definition) is 5. The van der Waals surface area contributed by atoms with Gasteiger partial charge in [0.15, 0.2) is 11.5 Å². The zero-order chi connectivity index (χ0) is 17.2. The van der Waals surface area contributed by atoms with E-state index in [1.165, 1.54) is 0 Å². The normalized spacial score (nSPS) is 10.9. The zero-order valence-corrected chi connectivity index (χ0v) is 13.5. The second-order valence-electron chi connectivity index (χ2n) is 5.75. The maximum Gasteiger partial charge on any atom is 0.287 e. The summed E-state index contributed by atoms with van der Waals surface area (Å²) in [6.07, 6.45) is 3.40. The Balaban J connectivity index is 1.45. The van der Waals surface area contributed by atoms with Gasteiger partial charge in [0.2, 0.25) is 0 Å². The zero-order valence-electron chi connectivity index (χ0n) is 13.5. The number of furan rings is 1. The fraction of sp³-hybridized carbons (Fsp3) is 0.105. The summed E-state index contributed by atoms with van der Waals surface area (Å²) in [6, 6.07) is 13.0. The fourth-order valence-corrected chi connectivity index (χ4v) is 2.58. The maximum atomic E-state index is 12.3. The molecule has 3 heterocycles. The van der Waals surface area contributed by atoms with Gasteiger partial charge in [-0.1, -0.05) is 16.8 Å². The second-order valence-corrected chi connectivity index (χ2v) is 5.75. The van der Waals surface area contributed by atoms with Gasteiger partial charge in [-0.25, -0.2) is 0 Å². The molecule has 25 heavy (non-hydrogen) atoms. The van der Waals surface area contributed by atoms with Crippen LogP contribution in [0, 0.1) is 6.92 Å². The van der Waals surface area contributed by atoms with E-state index in [0.717, 1.165) is 16.5 Å². The van der Waals surface area contributed by atoms with Gasteiger partial charge >= 0.3 is 0 Å². The fourth-order valence-electron chi connectivity index (χ4n) is 2.58. The van der Waals surface area contributed by atoms with E-state index in [1.54, 1.807) is 24.5 Å². The molecule has 3 aromatic heterocycles. The molecule has 6 nitrogen and oxygen atoms in total. The summed E-state index contributed by atoms with van der Waals surface area (Å²) in [5.41, 5.74) is 3.34. The van der Waals surface area contributed by atoms with Gasteiger partial charge in [-0.15, -0.1) is 0 Å². The highest BCUT2D eigenvalue weighted by molar-refractivity contribution is 5.96. The van der Waals surface area contributed by atoms with E-state index in [9.17, 15) is 4.79 Å². The Labute approximate surface area is 143 Å². The lowest BCUT2D eigenvalue weighted by Crippen LogP contribution is -2.21. The van der Waals surface area contributed by atoms with Gasteiger partial charge in [-0.3, -0.25) is 9.78 Å². The molecule has 4 rings (SSSR count). The summed E-state index contributed by atoms with van der Waals surface area (Å²) in [5, 5.41) is 7.67. The maximum absolute atomic E-state index is 12.3. The van der Waals surface area contributed by atoms with E-state index >= 15 is 0 Å². The molecular weight excluding hydrogens is 318 g/mol. The summed E-state index contributed by atoms with van der Waals surface area (Å²) in [5.74, 6) is 0.528. The average molecular weight is 333 g/mol. The molecule has 0 aliphatic carbocycles. The van der Waals surface area contributed by atoms with Crippen molar-refractivity contribution in [3.63, 3.8) is 0 Å². The van der Waals surface area contributed by atoms with Gasteiger partial charge in [-0.05, 0) is 37.3 Å². The number of carbonyl (C=O) groups excluding carboxylic acids is 1. The first-order valence-corrected chi connectivity index (χ1v) is 7.83. The molecule has 6 heteroatoms. The minimum absolute atomic E-state index is 0.224. The van der Waals surface area contributed by atoms with Crippen LogP contribution in [-0.2, 0) is 6.54 Å². The molecule has 4 aromatic rings. The topological polar surface area (TPSA) is 81.2 Å². The van der Waals surface area contributed by atoms with Crippen molar-refractivity contribution in [2.24, 2.45) is 0 Å². The number of aromatic nitrogens is 2. The van der Waals surface area contributed by atoms with Gasteiger partial charge in [0, 0.05) is 29.4 Å². The monoisotopic (exact) mass is 333 g/mol. The van der Waals surface area contributed by atoms with Crippen LogP contribution in [0.15, 0.2) is 63.8 Å². The van der Waals surface area contributed by atoms with Crippen molar-refractivity contribution in [3.8, 4) is 11.3 Å². The largest absolute Gasteiger partial charge is 0.451 e. The van der Waals surface area contributed by atoms with Crippen molar-refractivity contribution in [2.75, 3.05) is 0 Å². The number of aryl methyl sites for hydroxylation is 1. The number of amides is 1. The first kappa shape index (κ1) is 15.1. The third-order valence-electron chi connectivity index (χ3n) is 3.84. The van der Waals surface area contributed by atoms with Crippen LogP contribution in [0.3, 0.4) is 0 Å². The van der Waals surface area contributed by atoms with Gasteiger partial charge in [-0.2, -0.15) is 0 Å². The minimum atomic E-state index is -0.298. The summed E-state index contributed by atoms with van der Waals surface area (Å²) in [7, 11) is 0. The quantitative estimate of drug-likeness (QED) is 0.615. The number of carbonyl (C=O) groups is 1. The second kappa shape index (κ2) is 6.24. The SMILES string of the molecule is Cc1ccc2oc(C(=O)NCc3cc(-c4cccnc4)no3)cc2c1. The molecule has 0 aliphatic rings. The first-order valence-electron chi connectivity index (χ1n) is 7.83. The number of rotatable bonds is 4. The predicted molar refractivity (Wildman–Crippen MR) is 91.9 cm³/mol. The molecule has 0 aliphatic heterocycles. The lowest BCUT2D eigenvalue weighted by atomic mass is 10.2. The van der Waals surface area contributed by atoms with Crippen LogP contribution in [0.5, 0.6) is 0 Å². The molecule has 0 unspecified atom stereocenters. The van der Waals surface area contributed by atoms with E-state index in [-0.39, 0.29) is 18.2 Å². The van der Waals surface area contributed by atoms with Crippen molar-refractivity contribution < 1.29 is 13.7 Å². The smallest absolute Gasteiger partial charge is 0.287 e. The van der Waals surface area contributed by atoms with E-state index < -0.39 is 0 Å². The molecule has 1 N–H and O–H groups in total. The van der Waals surface area contributed by atoms with Crippen LogP contribution in [-0.4, -0.2) is 16.0 Å². The molecule has 1 amide bonds. The molecule has 0 spiro atoms. The Hall–Kier alpha value is -3.41. The molecule has 1 aromatic carbocycles. The Morgan fingerprint density at radius 3 is 2.96 bits per heavy atom. The van der Waals surface area contributed by atoms with E-state index in [4.69, 9.17) is 8.94 Å². The lowest BCUT2D eigenvalue weighted by molar-refractivity contribution is 0.0921. The molecule has 0 saturated carbocycles. The highest BCUT2D eigenvalue weighted by atomic mass is 16.5. The van der Waals surface area contributed by atoms with Crippen LogP contribution in [0.25, 0.3) is 22.2 Å². The Bertz CT molecular complexity index is 1030. The van der Waals surface area contributed by atoms with Crippen LogP contribution < -0.4 is 5.32 Å². The third-order valence-corrected chi connectivity index (χ3v) is 3.84. The first-order chi connectivity index (χ1) is 12.2. The van der Waals surface area contributed by atoms with Crippen LogP contribution in [0.4, 0.5) is 0 Å². The van der Waals surface area contributed by atoms with Crippen LogP contribution in [0.2, 0.25) is 0 Å². The van der Waals surface area contributed by atoms with Gasteiger partial charge in [0.25, 0.3) is 5.91 Å². The van der Waals surface area contributed by atoms with Gasteiger partial charge in [0.1, 0.15) is 11.3 Å². The number of hydrogen-bond donors (Lipinski definition) is 1. The molecular formula is C19H15N3O3. The van der Waals surface area contributed by atoms with Gasteiger partial charge in [0.05, 0.1) is 6.54 Å². The average Bonchev–Trinajstić information content (AvgIpc) is 3.27. The Kier molecular flexibility index (Phi) is 3.78. The summed E-state index contributed by atoms with van der Waals surface area (Å²) in [4.78, 5) is 16.3. The lowest BCUT2D eigenvalue weighted by Gasteiger charge is -1.98. The Morgan fingerprint density at radius 2 is 2.12 bits per heavy atom. The third kappa shape index (κ3) is 3.14. The van der Waals surface area contributed by atoms with Crippen molar-refractivity contribution in [1.29, 1.82) is 0 Å². The molecule has 0 fully saturated rings. The highest BCUT2D eigenvalue weighted by Gasteiger charge is 2.14. The molecule has 0 atom stereocenters. The van der Waals surface area contributed by atoms with Crippen LogP contribution in [0.1, 0.15) is 21.9 Å². The van der Waals surface area contributed by atoms with E-state index in [1.807, 2.05) is 37.3 Å². The van der Waals surface area contributed by atoms with Crippen molar-refractivity contribution in [1.82, 2.24) is 15.5 Å². The molecule has 0 saturated heterocycles. The number of fused-ring (bicyclic) bond motifs is 1. The Morgan fingerprint density at radius 1 is 1.20 bits per heavy atom. The number of pyridine rings is 1. The predicted octanol–water partition coefficient (Wildman–Crippen LogP) is 3.72. The summed E-state index contributed by atoms with van der Waals surface area (Å²) in [6.45, 7) is 2.22. The van der Waals surface area contributed by atoms with E-state index in [0.29, 0.717) is 17.0 Å². The minimum Gasteiger partial charge on any atom is -0.451 e. The van der Waals surface area contributed by atoms with Gasteiger partial charge < -0.3 is 14.3 Å². The van der Waals surface area contributed by atoms with Crippen LogP contribution >= 0.6 is 0 Å². The summed E-state index contributed by atoms with van der Waals surface area (Å²) < 4.78 is 10.8.